The molecule has 0 aliphatic carbocycles. The molecule has 0 bridgehead atoms. The molecule has 116 valence electrons. The van der Waals surface area contributed by atoms with Crippen molar-refractivity contribution < 1.29 is 19.1 Å². The van der Waals surface area contributed by atoms with Crippen LogP contribution in [-0.2, 0) is 9.53 Å². The summed E-state index contributed by atoms with van der Waals surface area (Å²) in [6, 6.07) is 7.09. The Bertz CT molecular complexity index is 485. The Hall–Kier alpha value is -2.04. The molecule has 0 aliphatic heterocycles. The molecule has 1 aromatic rings. The highest BCUT2D eigenvalue weighted by Crippen LogP contribution is 2.20. The lowest BCUT2D eigenvalue weighted by molar-refractivity contribution is -0.140. The molecule has 0 aromatic heterocycles. The van der Waals surface area contributed by atoms with E-state index in [-0.39, 0.29) is 18.3 Å². The highest BCUT2D eigenvalue weighted by atomic mass is 16.5. The first-order valence-electron chi connectivity index (χ1n) is 6.98. The highest BCUT2D eigenvalue weighted by Gasteiger charge is 2.20. The molecule has 1 amide bonds. The maximum absolute atomic E-state index is 12.7. The van der Waals surface area contributed by atoms with Crippen LogP contribution in [0.3, 0.4) is 0 Å². The predicted octanol–water partition coefficient (Wildman–Crippen LogP) is 2.36. The largest absolute Gasteiger partial charge is 0.496 e. The summed E-state index contributed by atoms with van der Waals surface area (Å²) in [5, 5.41) is 0. The maximum Gasteiger partial charge on any atom is 0.307 e. The number of methoxy groups -OCH3 is 2. The van der Waals surface area contributed by atoms with E-state index in [4.69, 9.17) is 4.74 Å². The normalized spacial score (nSPS) is 10.3. The number of rotatable bonds is 7. The number of carbonyl (C=O) groups is 2. The summed E-state index contributed by atoms with van der Waals surface area (Å²) in [5.74, 6) is 0.386. The zero-order valence-electron chi connectivity index (χ0n) is 13.1. The van der Waals surface area contributed by atoms with E-state index in [1.54, 1.807) is 23.1 Å². The average molecular weight is 293 g/mol. The molecule has 21 heavy (non-hydrogen) atoms. The second kappa shape index (κ2) is 8.29. The van der Waals surface area contributed by atoms with Crippen LogP contribution in [0, 0.1) is 5.92 Å². The van der Waals surface area contributed by atoms with Crippen LogP contribution in [-0.4, -0.2) is 44.1 Å². The molecule has 0 spiro atoms. The second-order valence-electron chi connectivity index (χ2n) is 5.17. The first-order valence-corrected chi connectivity index (χ1v) is 6.98. The van der Waals surface area contributed by atoms with Gasteiger partial charge >= 0.3 is 5.97 Å². The fourth-order valence-electron chi connectivity index (χ4n) is 2.04. The molecule has 0 N–H and O–H groups in total. The minimum atomic E-state index is -0.323. The van der Waals surface area contributed by atoms with Crippen LogP contribution in [0.5, 0.6) is 5.75 Å². The summed E-state index contributed by atoms with van der Waals surface area (Å²) in [5.41, 5.74) is 0.505. The van der Waals surface area contributed by atoms with E-state index < -0.39 is 0 Å². The standard InChI is InChI=1S/C16H23NO4/c1-12(2)11-17(10-9-15(18)21-4)16(19)13-7-5-6-8-14(13)20-3/h5-8,12H,9-11H2,1-4H3. The van der Waals surface area contributed by atoms with Gasteiger partial charge in [0.25, 0.3) is 5.91 Å². The lowest BCUT2D eigenvalue weighted by atomic mass is 10.1. The SMILES string of the molecule is COC(=O)CCN(CC(C)C)C(=O)c1ccccc1OC. The number of esters is 1. The lowest BCUT2D eigenvalue weighted by Gasteiger charge is -2.25. The first-order chi connectivity index (χ1) is 9.99. The van der Waals surface area contributed by atoms with Crippen molar-refractivity contribution in [3.8, 4) is 5.75 Å². The minimum absolute atomic E-state index is 0.134. The van der Waals surface area contributed by atoms with Gasteiger partial charge in [0.1, 0.15) is 5.75 Å². The van der Waals surface area contributed by atoms with Crippen molar-refractivity contribution in [1.29, 1.82) is 0 Å². The Morgan fingerprint density at radius 3 is 2.43 bits per heavy atom. The van der Waals surface area contributed by atoms with Gasteiger partial charge < -0.3 is 14.4 Å². The van der Waals surface area contributed by atoms with Crippen molar-refractivity contribution in [2.24, 2.45) is 5.92 Å². The highest BCUT2D eigenvalue weighted by molar-refractivity contribution is 5.97. The molecular formula is C16H23NO4. The molecule has 0 radical (unpaired) electrons. The van der Waals surface area contributed by atoms with E-state index >= 15 is 0 Å². The number of ether oxygens (including phenoxy) is 2. The number of benzene rings is 1. The molecular weight excluding hydrogens is 270 g/mol. The molecule has 0 unspecified atom stereocenters. The Morgan fingerprint density at radius 1 is 1.19 bits per heavy atom. The van der Waals surface area contributed by atoms with Gasteiger partial charge in [-0.3, -0.25) is 9.59 Å². The van der Waals surface area contributed by atoms with Crippen LogP contribution in [0.4, 0.5) is 0 Å². The third-order valence-electron chi connectivity index (χ3n) is 3.02. The Morgan fingerprint density at radius 2 is 1.86 bits per heavy atom. The average Bonchev–Trinajstić information content (AvgIpc) is 2.49. The third-order valence-corrected chi connectivity index (χ3v) is 3.02. The molecule has 1 rings (SSSR count). The number of amides is 1. The minimum Gasteiger partial charge on any atom is -0.496 e. The van der Waals surface area contributed by atoms with Crippen LogP contribution in [0.1, 0.15) is 30.6 Å². The van der Waals surface area contributed by atoms with Crippen LogP contribution in [0.2, 0.25) is 0 Å². The second-order valence-corrected chi connectivity index (χ2v) is 5.17. The zero-order valence-corrected chi connectivity index (χ0v) is 13.1. The monoisotopic (exact) mass is 293 g/mol. The maximum atomic E-state index is 12.7. The Labute approximate surface area is 125 Å². The molecule has 0 aliphatic rings. The van der Waals surface area contributed by atoms with Gasteiger partial charge in [-0.1, -0.05) is 26.0 Å². The number of para-hydroxylation sites is 1. The van der Waals surface area contributed by atoms with E-state index in [1.807, 2.05) is 19.9 Å². The summed E-state index contributed by atoms with van der Waals surface area (Å²) in [6.45, 7) is 4.97. The number of hydrogen-bond donors (Lipinski definition) is 0. The fourth-order valence-corrected chi connectivity index (χ4v) is 2.04. The van der Waals surface area contributed by atoms with Crippen LogP contribution < -0.4 is 4.74 Å². The molecule has 5 heteroatoms. The molecule has 0 heterocycles. The van der Waals surface area contributed by atoms with Crippen molar-refractivity contribution in [3.63, 3.8) is 0 Å². The molecule has 0 saturated heterocycles. The lowest BCUT2D eigenvalue weighted by Crippen LogP contribution is -2.36. The van der Waals surface area contributed by atoms with E-state index in [1.165, 1.54) is 14.2 Å². The van der Waals surface area contributed by atoms with Crippen LogP contribution in [0.25, 0.3) is 0 Å². The molecule has 0 saturated carbocycles. The number of hydrogen-bond acceptors (Lipinski definition) is 4. The van der Waals surface area contributed by atoms with Crippen LogP contribution in [0.15, 0.2) is 24.3 Å². The Balaban J connectivity index is 2.90. The van der Waals surface area contributed by atoms with Crippen molar-refractivity contribution in [1.82, 2.24) is 4.90 Å². The third kappa shape index (κ3) is 5.10. The summed E-state index contributed by atoms with van der Waals surface area (Å²) < 4.78 is 9.86. The summed E-state index contributed by atoms with van der Waals surface area (Å²) in [6.07, 6.45) is 0.185. The summed E-state index contributed by atoms with van der Waals surface area (Å²) in [4.78, 5) is 25.6. The quantitative estimate of drug-likeness (QED) is 0.724. The predicted molar refractivity (Wildman–Crippen MR) is 80.4 cm³/mol. The van der Waals surface area contributed by atoms with Crippen molar-refractivity contribution >= 4 is 11.9 Å². The Kier molecular flexibility index (Phi) is 6.72. The van der Waals surface area contributed by atoms with E-state index in [0.717, 1.165) is 0 Å². The van der Waals surface area contributed by atoms with Crippen molar-refractivity contribution in [3.05, 3.63) is 29.8 Å². The summed E-state index contributed by atoms with van der Waals surface area (Å²) >= 11 is 0. The fraction of sp³-hybridized carbons (Fsp3) is 0.500. The van der Waals surface area contributed by atoms with E-state index in [2.05, 4.69) is 4.74 Å². The van der Waals surface area contributed by atoms with Gasteiger partial charge in [0.05, 0.1) is 26.2 Å². The van der Waals surface area contributed by atoms with E-state index in [9.17, 15) is 9.59 Å². The van der Waals surface area contributed by atoms with Gasteiger partial charge in [-0.2, -0.15) is 0 Å². The number of carbonyl (C=O) groups excluding carboxylic acids is 2. The van der Waals surface area contributed by atoms with Crippen LogP contribution >= 0.6 is 0 Å². The molecule has 0 fully saturated rings. The number of nitrogens with zero attached hydrogens (tertiary/aromatic N) is 1. The summed E-state index contributed by atoms with van der Waals surface area (Å²) in [7, 11) is 2.88. The van der Waals surface area contributed by atoms with Gasteiger partial charge in [-0.15, -0.1) is 0 Å². The smallest absolute Gasteiger partial charge is 0.307 e. The topological polar surface area (TPSA) is 55.8 Å². The van der Waals surface area contributed by atoms with Crippen molar-refractivity contribution in [2.75, 3.05) is 27.3 Å². The van der Waals surface area contributed by atoms with Crippen molar-refractivity contribution in [2.45, 2.75) is 20.3 Å². The van der Waals surface area contributed by atoms with Gasteiger partial charge in [0.15, 0.2) is 0 Å². The van der Waals surface area contributed by atoms with Gasteiger partial charge in [-0.05, 0) is 18.1 Å². The molecule has 1 aromatic carbocycles. The molecule has 0 atom stereocenters. The van der Waals surface area contributed by atoms with E-state index in [0.29, 0.717) is 30.3 Å². The van der Waals surface area contributed by atoms with Gasteiger partial charge in [0, 0.05) is 13.1 Å². The zero-order chi connectivity index (χ0) is 15.8. The van der Waals surface area contributed by atoms with Gasteiger partial charge in [-0.25, -0.2) is 0 Å². The van der Waals surface area contributed by atoms with Gasteiger partial charge in [0.2, 0.25) is 0 Å². The first kappa shape index (κ1) is 17.0. The molecule has 5 nitrogen and oxygen atoms in total.